The summed E-state index contributed by atoms with van der Waals surface area (Å²) in [4.78, 5) is 43.1. The number of amides is 2. The van der Waals surface area contributed by atoms with Gasteiger partial charge in [0.1, 0.15) is 11.3 Å². The van der Waals surface area contributed by atoms with Crippen LogP contribution in [0.15, 0.2) is 72.8 Å². The molecule has 2 fully saturated rings. The predicted octanol–water partition coefficient (Wildman–Crippen LogP) is 4.34. The Morgan fingerprint density at radius 1 is 0.921 bits per heavy atom. The van der Waals surface area contributed by atoms with Gasteiger partial charge in [0.2, 0.25) is 11.8 Å². The maximum absolute atomic E-state index is 14.3. The lowest BCUT2D eigenvalue weighted by atomic mass is 9.76. The van der Waals surface area contributed by atoms with Crippen LogP contribution in [-0.4, -0.2) is 35.5 Å². The molecule has 2 saturated heterocycles. The molecule has 0 radical (unpaired) electrons. The quantitative estimate of drug-likeness (QED) is 0.436. The molecule has 0 aliphatic carbocycles. The fourth-order valence-corrected chi connectivity index (χ4v) is 6.27. The third-order valence-electron chi connectivity index (χ3n) is 8.02. The molecule has 2 aliphatic rings. The van der Waals surface area contributed by atoms with Crippen molar-refractivity contribution >= 4 is 23.5 Å². The Morgan fingerprint density at radius 2 is 1.55 bits per heavy atom. The standard InChI is InChI=1S/C31H32N2O5/c1-4-20-14-11-15-21(5-2)27(20)33-28(34)24-25(29(33)35)31(30(36)37,18-19-12-7-6-8-13-19)32-26(24)22-16-9-10-17-23(22)38-3/h6-17,24-26,32H,4-5,18H2,1-3H3,(H,36,37). The van der Waals surface area contributed by atoms with E-state index in [-0.39, 0.29) is 12.3 Å². The number of hydrogen-bond acceptors (Lipinski definition) is 5. The Hall–Kier alpha value is -3.97. The molecule has 7 nitrogen and oxygen atoms in total. The van der Waals surface area contributed by atoms with Crippen LogP contribution in [0.5, 0.6) is 5.75 Å². The first-order valence-electron chi connectivity index (χ1n) is 13.0. The van der Waals surface area contributed by atoms with Gasteiger partial charge in [-0.05, 0) is 35.6 Å². The molecule has 4 unspecified atom stereocenters. The molecule has 2 amide bonds. The van der Waals surface area contributed by atoms with Gasteiger partial charge in [-0.3, -0.25) is 19.7 Å². The number of hydrogen-bond donors (Lipinski definition) is 2. The summed E-state index contributed by atoms with van der Waals surface area (Å²) in [5, 5.41) is 14.0. The third kappa shape index (κ3) is 3.89. The number of carboxylic acid groups (broad SMARTS) is 1. The molecule has 5 rings (SSSR count). The monoisotopic (exact) mass is 512 g/mol. The second kappa shape index (κ2) is 10.1. The highest BCUT2D eigenvalue weighted by molar-refractivity contribution is 6.25. The van der Waals surface area contributed by atoms with Crippen molar-refractivity contribution in [3.63, 3.8) is 0 Å². The van der Waals surface area contributed by atoms with Crippen molar-refractivity contribution in [3.8, 4) is 5.75 Å². The first-order chi connectivity index (χ1) is 18.4. The number of nitrogens with zero attached hydrogens (tertiary/aromatic N) is 1. The number of ether oxygens (including phenoxy) is 1. The van der Waals surface area contributed by atoms with Crippen LogP contribution >= 0.6 is 0 Å². The number of carbonyl (C=O) groups excluding carboxylic acids is 2. The van der Waals surface area contributed by atoms with Gasteiger partial charge < -0.3 is 9.84 Å². The summed E-state index contributed by atoms with van der Waals surface area (Å²) >= 11 is 0. The average molecular weight is 513 g/mol. The van der Waals surface area contributed by atoms with E-state index in [9.17, 15) is 19.5 Å². The van der Waals surface area contributed by atoms with E-state index in [4.69, 9.17) is 4.74 Å². The molecule has 0 spiro atoms. The normalized spacial score (nSPS) is 24.5. The topological polar surface area (TPSA) is 95.9 Å². The molecule has 4 atom stereocenters. The summed E-state index contributed by atoms with van der Waals surface area (Å²) < 4.78 is 5.60. The van der Waals surface area contributed by atoms with Crippen LogP contribution < -0.4 is 15.0 Å². The van der Waals surface area contributed by atoms with Gasteiger partial charge in [0.15, 0.2) is 0 Å². The van der Waals surface area contributed by atoms with E-state index in [1.807, 2.05) is 80.6 Å². The molecule has 0 bridgehead atoms. The maximum Gasteiger partial charge on any atom is 0.325 e. The van der Waals surface area contributed by atoms with Gasteiger partial charge in [0.25, 0.3) is 0 Å². The van der Waals surface area contributed by atoms with Crippen molar-refractivity contribution in [3.05, 3.63) is 95.1 Å². The Balaban J connectivity index is 1.72. The lowest BCUT2D eigenvalue weighted by Gasteiger charge is -2.32. The minimum atomic E-state index is -1.69. The lowest BCUT2D eigenvalue weighted by molar-refractivity contribution is -0.148. The van der Waals surface area contributed by atoms with E-state index < -0.39 is 35.3 Å². The number of nitrogens with one attached hydrogen (secondary N) is 1. The van der Waals surface area contributed by atoms with Crippen LogP contribution in [0.25, 0.3) is 0 Å². The van der Waals surface area contributed by atoms with Gasteiger partial charge in [-0.1, -0.05) is 80.6 Å². The van der Waals surface area contributed by atoms with E-state index in [0.717, 1.165) is 16.7 Å². The fourth-order valence-electron chi connectivity index (χ4n) is 6.27. The molecule has 196 valence electrons. The summed E-state index contributed by atoms with van der Waals surface area (Å²) in [6.07, 6.45) is 1.33. The number of benzene rings is 3. The molecule has 2 aliphatic heterocycles. The summed E-state index contributed by atoms with van der Waals surface area (Å²) in [7, 11) is 1.54. The van der Waals surface area contributed by atoms with Gasteiger partial charge in [0.05, 0.1) is 24.6 Å². The fraction of sp³-hybridized carbons (Fsp3) is 0.323. The van der Waals surface area contributed by atoms with E-state index >= 15 is 0 Å². The number of fused-ring (bicyclic) bond motifs is 1. The number of carboxylic acids is 1. The van der Waals surface area contributed by atoms with Crippen molar-refractivity contribution < 1.29 is 24.2 Å². The predicted molar refractivity (Wildman–Crippen MR) is 144 cm³/mol. The van der Waals surface area contributed by atoms with E-state index in [0.29, 0.717) is 29.8 Å². The highest BCUT2D eigenvalue weighted by Crippen LogP contribution is 2.52. The Kier molecular flexibility index (Phi) is 6.80. The van der Waals surface area contributed by atoms with Crippen molar-refractivity contribution in [2.45, 2.75) is 44.7 Å². The highest BCUT2D eigenvalue weighted by atomic mass is 16.5. The lowest BCUT2D eigenvalue weighted by Crippen LogP contribution is -2.57. The molecule has 38 heavy (non-hydrogen) atoms. The molecule has 0 saturated carbocycles. The number of carbonyl (C=O) groups is 3. The van der Waals surface area contributed by atoms with Crippen LogP contribution in [0.3, 0.4) is 0 Å². The first kappa shape index (κ1) is 25.7. The number of anilines is 1. The third-order valence-corrected chi connectivity index (χ3v) is 8.02. The van der Waals surface area contributed by atoms with Crippen LogP contribution in [0.2, 0.25) is 0 Å². The van der Waals surface area contributed by atoms with Crippen LogP contribution in [0.4, 0.5) is 5.69 Å². The maximum atomic E-state index is 14.3. The molecular weight excluding hydrogens is 480 g/mol. The molecule has 7 heteroatoms. The van der Waals surface area contributed by atoms with E-state index in [1.165, 1.54) is 4.90 Å². The van der Waals surface area contributed by atoms with Gasteiger partial charge in [0, 0.05) is 18.0 Å². The SMILES string of the molecule is CCc1cccc(CC)c1N1C(=O)C2C(c3ccccc3OC)NC(Cc3ccccc3)(C(=O)O)C2C1=O. The number of aryl methyl sites for hydroxylation is 2. The van der Waals surface area contributed by atoms with E-state index in [1.54, 1.807) is 13.2 Å². The van der Waals surface area contributed by atoms with Gasteiger partial charge in [-0.15, -0.1) is 0 Å². The smallest absolute Gasteiger partial charge is 0.325 e. The largest absolute Gasteiger partial charge is 0.496 e. The Labute approximate surface area is 222 Å². The van der Waals surface area contributed by atoms with Gasteiger partial charge in [-0.2, -0.15) is 0 Å². The number of para-hydroxylation sites is 2. The van der Waals surface area contributed by atoms with E-state index in [2.05, 4.69) is 5.32 Å². The summed E-state index contributed by atoms with van der Waals surface area (Å²) in [6.45, 7) is 3.97. The zero-order valence-corrected chi connectivity index (χ0v) is 21.8. The zero-order chi connectivity index (χ0) is 27.0. The minimum absolute atomic E-state index is 0.0545. The molecule has 2 N–H and O–H groups in total. The van der Waals surface area contributed by atoms with Crippen LogP contribution in [-0.2, 0) is 33.6 Å². The van der Waals surface area contributed by atoms with Crippen molar-refractivity contribution in [2.75, 3.05) is 12.0 Å². The Bertz CT molecular complexity index is 1370. The summed E-state index contributed by atoms with van der Waals surface area (Å²) in [5.41, 5.74) is 2.10. The van der Waals surface area contributed by atoms with Crippen molar-refractivity contribution in [2.24, 2.45) is 11.8 Å². The summed E-state index contributed by atoms with van der Waals surface area (Å²) in [6, 6.07) is 21.5. The molecule has 3 aromatic carbocycles. The molecular formula is C31H32N2O5. The van der Waals surface area contributed by atoms with Crippen LogP contribution in [0, 0.1) is 11.8 Å². The minimum Gasteiger partial charge on any atom is -0.496 e. The Morgan fingerprint density at radius 3 is 2.16 bits per heavy atom. The highest BCUT2D eigenvalue weighted by Gasteiger charge is 2.69. The second-order valence-electron chi connectivity index (χ2n) is 9.95. The average Bonchev–Trinajstić information content (AvgIpc) is 3.42. The number of methoxy groups -OCH3 is 1. The molecule has 0 aromatic heterocycles. The number of imide groups is 1. The summed E-state index contributed by atoms with van der Waals surface area (Å²) in [5.74, 6) is -3.48. The number of rotatable bonds is 8. The number of aliphatic carboxylic acids is 1. The van der Waals surface area contributed by atoms with Crippen molar-refractivity contribution in [1.82, 2.24) is 5.32 Å². The van der Waals surface area contributed by atoms with Crippen LogP contribution in [0.1, 0.15) is 42.1 Å². The van der Waals surface area contributed by atoms with Gasteiger partial charge >= 0.3 is 5.97 Å². The first-order valence-corrected chi connectivity index (χ1v) is 13.0. The van der Waals surface area contributed by atoms with Gasteiger partial charge in [-0.25, -0.2) is 4.90 Å². The molecule has 2 heterocycles. The molecule has 3 aromatic rings. The second-order valence-corrected chi connectivity index (χ2v) is 9.95. The van der Waals surface area contributed by atoms with Crippen molar-refractivity contribution in [1.29, 1.82) is 0 Å². The zero-order valence-electron chi connectivity index (χ0n) is 21.8.